The summed E-state index contributed by atoms with van der Waals surface area (Å²) < 4.78 is 8.34. The van der Waals surface area contributed by atoms with Crippen LogP contribution in [0.1, 0.15) is 16.6 Å². The summed E-state index contributed by atoms with van der Waals surface area (Å²) in [5.74, 6) is 0.729. The Labute approximate surface area is 115 Å². The Morgan fingerprint density at radius 1 is 1.37 bits per heavy atom. The van der Waals surface area contributed by atoms with Gasteiger partial charge in [-0.25, -0.2) is 0 Å². The molecule has 98 valence electrons. The maximum absolute atomic E-state index is 6.37. The standard InChI is InChI=1S/C14H15N3OS/c1-17-14(10(18-2)8-16-17)13(15)12-7-9-5-3-4-6-11(9)19-12/h3-8,13H,15H2,1-2H3. The summed E-state index contributed by atoms with van der Waals surface area (Å²) in [7, 11) is 3.52. The maximum atomic E-state index is 6.37. The van der Waals surface area contributed by atoms with E-state index in [4.69, 9.17) is 10.5 Å². The van der Waals surface area contributed by atoms with Gasteiger partial charge in [-0.2, -0.15) is 5.10 Å². The van der Waals surface area contributed by atoms with E-state index in [1.807, 2.05) is 19.2 Å². The average Bonchev–Trinajstić information content (AvgIpc) is 3.01. The highest BCUT2D eigenvalue weighted by Crippen LogP contribution is 2.34. The van der Waals surface area contributed by atoms with Crippen LogP contribution in [-0.2, 0) is 7.05 Å². The predicted molar refractivity (Wildman–Crippen MR) is 77.6 cm³/mol. The van der Waals surface area contributed by atoms with Gasteiger partial charge in [0.05, 0.1) is 19.3 Å². The Bertz CT molecular complexity index is 683. The normalized spacial score (nSPS) is 12.8. The minimum absolute atomic E-state index is 0.222. The zero-order valence-electron chi connectivity index (χ0n) is 10.8. The molecule has 3 rings (SSSR count). The van der Waals surface area contributed by atoms with Crippen molar-refractivity contribution in [2.75, 3.05) is 7.11 Å². The fourth-order valence-corrected chi connectivity index (χ4v) is 3.30. The molecule has 0 radical (unpaired) electrons. The molecule has 1 aromatic carbocycles. The smallest absolute Gasteiger partial charge is 0.161 e. The SMILES string of the molecule is COc1cnn(C)c1C(N)c1cc2ccccc2s1. The van der Waals surface area contributed by atoms with E-state index in [1.54, 1.807) is 29.3 Å². The second kappa shape index (κ2) is 4.68. The number of fused-ring (bicyclic) bond motifs is 1. The van der Waals surface area contributed by atoms with Gasteiger partial charge in [-0.1, -0.05) is 18.2 Å². The Morgan fingerprint density at radius 2 is 2.16 bits per heavy atom. The highest BCUT2D eigenvalue weighted by Gasteiger charge is 2.20. The molecule has 2 heterocycles. The van der Waals surface area contributed by atoms with E-state index in [0.717, 1.165) is 16.3 Å². The lowest BCUT2D eigenvalue weighted by Gasteiger charge is -2.12. The van der Waals surface area contributed by atoms with Gasteiger partial charge in [0.25, 0.3) is 0 Å². The van der Waals surface area contributed by atoms with Gasteiger partial charge < -0.3 is 10.5 Å². The zero-order valence-corrected chi connectivity index (χ0v) is 11.6. The largest absolute Gasteiger partial charge is 0.493 e. The van der Waals surface area contributed by atoms with Gasteiger partial charge in [0, 0.05) is 16.6 Å². The Hall–Kier alpha value is -1.85. The quantitative estimate of drug-likeness (QED) is 0.798. The first-order valence-electron chi connectivity index (χ1n) is 6.00. The predicted octanol–water partition coefficient (Wildman–Crippen LogP) is 2.69. The summed E-state index contributed by atoms with van der Waals surface area (Å²) in [6.07, 6.45) is 1.70. The molecule has 4 nitrogen and oxygen atoms in total. The number of thiophene rings is 1. The summed E-state index contributed by atoms with van der Waals surface area (Å²) >= 11 is 1.71. The molecule has 0 aliphatic heterocycles. The number of methoxy groups -OCH3 is 1. The molecule has 0 amide bonds. The van der Waals surface area contributed by atoms with Crippen LogP contribution in [0.15, 0.2) is 36.5 Å². The van der Waals surface area contributed by atoms with E-state index < -0.39 is 0 Å². The molecule has 0 saturated heterocycles. The minimum Gasteiger partial charge on any atom is -0.493 e. The summed E-state index contributed by atoms with van der Waals surface area (Å²) in [5, 5.41) is 5.43. The first-order valence-corrected chi connectivity index (χ1v) is 6.82. The van der Waals surface area contributed by atoms with Crippen molar-refractivity contribution in [2.45, 2.75) is 6.04 Å². The number of nitrogens with zero attached hydrogens (tertiary/aromatic N) is 2. The molecule has 0 fully saturated rings. The highest BCUT2D eigenvalue weighted by atomic mass is 32.1. The molecule has 0 aliphatic rings. The number of benzene rings is 1. The van der Waals surface area contributed by atoms with Gasteiger partial charge in [-0.3, -0.25) is 4.68 Å². The molecule has 0 spiro atoms. The third kappa shape index (κ3) is 2.01. The molecule has 0 bridgehead atoms. The molecule has 5 heteroatoms. The summed E-state index contributed by atoms with van der Waals surface area (Å²) in [6.45, 7) is 0. The van der Waals surface area contributed by atoms with Gasteiger partial charge in [0.1, 0.15) is 5.69 Å². The molecular weight excluding hydrogens is 258 g/mol. The number of rotatable bonds is 3. The second-order valence-electron chi connectivity index (χ2n) is 4.39. The van der Waals surface area contributed by atoms with Crippen LogP contribution in [0.2, 0.25) is 0 Å². The Kier molecular flexibility index (Phi) is 3.00. The summed E-state index contributed by atoms with van der Waals surface area (Å²) in [6, 6.07) is 10.2. The summed E-state index contributed by atoms with van der Waals surface area (Å²) in [4.78, 5) is 1.11. The third-order valence-electron chi connectivity index (χ3n) is 3.21. The van der Waals surface area contributed by atoms with Gasteiger partial charge in [-0.15, -0.1) is 11.3 Å². The van der Waals surface area contributed by atoms with Crippen molar-refractivity contribution < 1.29 is 4.74 Å². The topological polar surface area (TPSA) is 53.1 Å². The van der Waals surface area contributed by atoms with Crippen LogP contribution in [0, 0.1) is 0 Å². The minimum atomic E-state index is -0.222. The van der Waals surface area contributed by atoms with E-state index in [2.05, 4.69) is 23.3 Å². The van der Waals surface area contributed by atoms with Gasteiger partial charge >= 0.3 is 0 Å². The van der Waals surface area contributed by atoms with Crippen molar-refractivity contribution in [3.63, 3.8) is 0 Å². The van der Waals surface area contributed by atoms with Crippen LogP contribution in [0.3, 0.4) is 0 Å². The lowest BCUT2D eigenvalue weighted by Crippen LogP contribution is -2.15. The van der Waals surface area contributed by atoms with Gasteiger partial charge in [-0.05, 0) is 17.5 Å². The van der Waals surface area contributed by atoms with Crippen LogP contribution in [0.4, 0.5) is 0 Å². The van der Waals surface area contributed by atoms with Crippen molar-refractivity contribution in [1.29, 1.82) is 0 Å². The molecule has 0 aliphatic carbocycles. The number of hydrogen-bond donors (Lipinski definition) is 1. The van der Waals surface area contributed by atoms with E-state index in [1.165, 1.54) is 10.1 Å². The van der Waals surface area contributed by atoms with Crippen LogP contribution in [0.25, 0.3) is 10.1 Å². The number of nitrogens with two attached hydrogens (primary N) is 1. The lowest BCUT2D eigenvalue weighted by molar-refractivity contribution is 0.406. The molecule has 1 unspecified atom stereocenters. The number of aromatic nitrogens is 2. The molecule has 2 aromatic heterocycles. The van der Waals surface area contributed by atoms with Gasteiger partial charge in [0.2, 0.25) is 0 Å². The van der Waals surface area contributed by atoms with E-state index in [9.17, 15) is 0 Å². The molecular formula is C14H15N3OS. The Morgan fingerprint density at radius 3 is 2.89 bits per heavy atom. The van der Waals surface area contributed by atoms with Crippen LogP contribution in [0.5, 0.6) is 5.75 Å². The van der Waals surface area contributed by atoms with Crippen molar-refractivity contribution in [3.05, 3.63) is 47.1 Å². The lowest BCUT2D eigenvalue weighted by atomic mass is 10.1. The van der Waals surface area contributed by atoms with E-state index >= 15 is 0 Å². The number of hydrogen-bond acceptors (Lipinski definition) is 4. The monoisotopic (exact) mass is 273 g/mol. The molecule has 3 aromatic rings. The maximum Gasteiger partial charge on any atom is 0.161 e. The van der Waals surface area contributed by atoms with Gasteiger partial charge in [0.15, 0.2) is 5.75 Å². The molecule has 19 heavy (non-hydrogen) atoms. The number of aryl methyl sites for hydroxylation is 1. The fraction of sp³-hybridized carbons (Fsp3) is 0.214. The molecule has 2 N–H and O–H groups in total. The van der Waals surface area contributed by atoms with Crippen LogP contribution >= 0.6 is 11.3 Å². The first-order chi connectivity index (χ1) is 9.20. The zero-order chi connectivity index (χ0) is 13.4. The Balaban J connectivity index is 2.07. The van der Waals surface area contributed by atoms with E-state index in [-0.39, 0.29) is 6.04 Å². The highest BCUT2D eigenvalue weighted by molar-refractivity contribution is 7.19. The van der Waals surface area contributed by atoms with Crippen molar-refractivity contribution in [3.8, 4) is 5.75 Å². The average molecular weight is 273 g/mol. The second-order valence-corrected chi connectivity index (χ2v) is 5.50. The number of ether oxygens (including phenoxy) is 1. The fourth-order valence-electron chi connectivity index (χ4n) is 2.23. The molecule has 0 saturated carbocycles. The van der Waals surface area contributed by atoms with Crippen LogP contribution < -0.4 is 10.5 Å². The van der Waals surface area contributed by atoms with Crippen LogP contribution in [-0.4, -0.2) is 16.9 Å². The summed E-state index contributed by atoms with van der Waals surface area (Å²) in [5.41, 5.74) is 7.27. The van der Waals surface area contributed by atoms with Crippen molar-refractivity contribution in [1.82, 2.24) is 9.78 Å². The van der Waals surface area contributed by atoms with Crippen molar-refractivity contribution in [2.24, 2.45) is 12.8 Å². The first kappa shape index (κ1) is 12.2. The van der Waals surface area contributed by atoms with E-state index in [0.29, 0.717) is 0 Å². The third-order valence-corrected chi connectivity index (χ3v) is 4.41. The van der Waals surface area contributed by atoms with Crippen molar-refractivity contribution >= 4 is 21.4 Å². The molecule has 1 atom stereocenters.